The first-order valence-corrected chi connectivity index (χ1v) is 7.60. The molecule has 1 aliphatic rings. The summed E-state index contributed by atoms with van der Waals surface area (Å²) >= 11 is 6.07. The van der Waals surface area contributed by atoms with E-state index in [9.17, 15) is 4.79 Å². The molecular weight excluding hydrogens is 272 g/mol. The van der Waals surface area contributed by atoms with Gasteiger partial charge < -0.3 is 9.78 Å². The van der Waals surface area contributed by atoms with E-state index in [1.807, 2.05) is 18.2 Å². The molecule has 2 heterocycles. The van der Waals surface area contributed by atoms with Gasteiger partial charge in [-0.15, -0.1) is 0 Å². The number of hydrogen-bond donors (Lipinski definition) is 1. The fourth-order valence-corrected chi connectivity index (χ4v) is 3.24. The number of carbonyl (C=O) groups is 1. The minimum atomic E-state index is 0.109. The number of nitrogens with one attached hydrogen (secondary N) is 1. The molecule has 0 saturated carbocycles. The van der Waals surface area contributed by atoms with Crippen LogP contribution in [0.25, 0.3) is 10.9 Å². The van der Waals surface area contributed by atoms with Gasteiger partial charge in [0.05, 0.1) is 6.04 Å². The molecular formula is C16H19ClN2O. The summed E-state index contributed by atoms with van der Waals surface area (Å²) in [6, 6.07) is 6.03. The maximum absolute atomic E-state index is 11.1. The average Bonchev–Trinajstić information content (AvgIpc) is 2.87. The number of halogens is 1. The molecule has 3 nitrogen and oxygen atoms in total. The molecule has 106 valence electrons. The Morgan fingerprint density at radius 2 is 2.30 bits per heavy atom. The molecule has 0 radical (unpaired) electrons. The topological polar surface area (TPSA) is 36.1 Å². The number of rotatable bonds is 4. The van der Waals surface area contributed by atoms with Crippen LogP contribution in [0.15, 0.2) is 24.4 Å². The molecule has 1 unspecified atom stereocenters. The van der Waals surface area contributed by atoms with Gasteiger partial charge in [0.15, 0.2) is 0 Å². The van der Waals surface area contributed by atoms with E-state index < -0.39 is 0 Å². The molecule has 1 aromatic heterocycles. The SMILES string of the molecule is O=CC1CCCCN1CCc1c[nH]c2ccc(Cl)cc12. The van der Waals surface area contributed by atoms with Gasteiger partial charge >= 0.3 is 0 Å². The second kappa shape index (κ2) is 5.98. The van der Waals surface area contributed by atoms with Crippen LogP contribution in [0, 0.1) is 0 Å². The molecule has 3 rings (SSSR count). The highest BCUT2D eigenvalue weighted by atomic mass is 35.5. The number of hydrogen-bond acceptors (Lipinski definition) is 2. The number of fused-ring (bicyclic) bond motifs is 1. The van der Waals surface area contributed by atoms with Crippen molar-refractivity contribution >= 4 is 28.8 Å². The van der Waals surface area contributed by atoms with Crippen LogP contribution in [-0.2, 0) is 11.2 Å². The summed E-state index contributed by atoms with van der Waals surface area (Å²) in [4.78, 5) is 16.7. The van der Waals surface area contributed by atoms with Crippen LogP contribution >= 0.6 is 11.6 Å². The zero-order valence-corrected chi connectivity index (χ0v) is 12.2. The van der Waals surface area contributed by atoms with E-state index in [1.54, 1.807) is 0 Å². The first kappa shape index (κ1) is 13.7. The van der Waals surface area contributed by atoms with Gasteiger partial charge in [-0.1, -0.05) is 18.0 Å². The number of carbonyl (C=O) groups excluding carboxylic acids is 1. The number of likely N-dealkylation sites (tertiary alicyclic amines) is 1. The number of nitrogens with zero attached hydrogens (tertiary/aromatic N) is 1. The Hall–Kier alpha value is -1.32. The number of H-pyrrole nitrogens is 1. The first-order chi connectivity index (χ1) is 9.78. The summed E-state index contributed by atoms with van der Waals surface area (Å²) in [5.74, 6) is 0. The Morgan fingerprint density at radius 1 is 1.40 bits per heavy atom. The highest BCUT2D eigenvalue weighted by molar-refractivity contribution is 6.31. The summed E-state index contributed by atoms with van der Waals surface area (Å²) in [6.07, 6.45) is 7.48. The van der Waals surface area contributed by atoms with Gasteiger partial charge in [0.25, 0.3) is 0 Å². The smallest absolute Gasteiger partial charge is 0.137 e. The molecule has 1 atom stereocenters. The van der Waals surface area contributed by atoms with Crippen molar-refractivity contribution in [1.29, 1.82) is 0 Å². The Labute approximate surface area is 123 Å². The van der Waals surface area contributed by atoms with Crippen molar-refractivity contribution in [2.75, 3.05) is 13.1 Å². The molecule has 1 aromatic carbocycles. The number of aromatic nitrogens is 1. The molecule has 4 heteroatoms. The van der Waals surface area contributed by atoms with Gasteiger partial charge in [-0.3, -0.25) is 4.90 Å². The van der Waals surface area contributed by atoms with E-state index in [-0.39, 0.29) is 6.04 Å². The lowest BCUT2D eigenvalue weighted by atomic mass is 10.0. The Kier molecular flexibility index (Phi) is 4.08. The van der Waals surface area contributed by atoms with Crippen molar-refractivity contribution in [2.24, 2.45) is 0 Å². The predicted molar refractivity (Wildman–Crippen MR) is 82.3 cm³/mol. The van der Waals surface area contributed by atoms with Crippen molar-refractivity contribution in [3.05, 3.63) is 35.0 Å². The molecule has 20 heavy (non-hydrogen) atoms. The van der Waals surface area contributed by atoms with Crippen LogP contribution in [-0.4, -0.2) is 35.3 Å². The zero-order valence-electron chi connectivity index (χ0n) is 11.4. The third kappa shape index (κ3) is 2.74. The van der Waals surface area contributed by atoms with Gasteiger partial charge in [0, 0.05) is 28.7 Å². The average molecular weight is 291 g/mol. The molecule has 1 saturated heterocycles. The fraction of sp³-hybridized carbons (Fsp3) is 0.438. The summed E-state index contributed by atoms with van der Waals surface area (Å²) in [5.41, 5.74) is 2.40. The van der Waals surface area contributed by atoms with Crippen LogP contribution in [0.3, 0.4) is 0 Å². The van der Waals surface area contributed by atoms with Gasteiger partial charge in [0.2, 0.25) is 0 Å². The van der Waals surface area contributed by atoms with Gasteiger partial charge in [-0.2, -0.15) is 0 Å². The highest BCUT2D eigenvalue weighted by Gasteiger charge is 2.21. The normalized spacial score (nSPS) is 20.4. The predicted octanol–water partition coefficient (Wildman–Crippen LogP) is 3.42. The number of aldehydes is 1. The van der Waals surface area contributed by atoms with Crippen LogP contribution in [0.1, 0.15) is 24.8 Å². The molecule has 0 aliphatic carbocycles. The molecule has 2 aromatic rings. The molecule has 1 fully saturated rings. The third-order valence-electron chi connectivity index (χ3n) is 4.22. The zero-order chi connectivity index (χ0) is 13.9. The molecule has 0 bridgehead atoms. The quantitative estimate of drug-likeness (QED) is 0.876. The van der Waals surface area contributed by atoms with E-state index in [2.05, 4.69) is 16.1 Å². The summed E-state index contributed by atoms with van der Waals surface area (Å²) < 4.78 is 0. The van der Waals surface area contributed by atoms with Gasteiger partial charge in [-0.05, 0) is 49.6 Å². The summed E-state index contributed by atoms with van der Waals surface area (Å²) in [5, 5.41) is 1.96. The number of benzene rings is 1. The van der Waals surface area contributed by atoms with Crippen molar-refractivity contribution in [3.63, 3.8) is 0 Å². The van der Waals surface area contributed by atoms with Crippen LogP contribution < -0.4 is 0 Å². The minimum absolute atomic E-state index is 0.109. The second-order valence-corrected chi connectivity index (χ2v) is 5.93. The van der Waals surface area contributed by atoms with E-state index in [1.165, 1.54) is 23.8 Å². The Morgan fingerprint density at radius 3 is 3.15 bits per heavy atom. The van der Waals surface area contributed by atoms with E-state index in [0.29, 0.717) is 0 Å². The van der Waals surface area contributed by atoms with E-state index >= 15 is 0 Å². The lowest BCUT2D eigenvalue weighted by molar-refractivity contribution is -0.113. The molecule has 0 spiro atoms. The van der Waals surface area contributed by atoms with Crippen LogP contribution in [0.5, 0.6) is 0 Å². The van der Waals surface area contributed by atoms with Crippen molar-refractivity contribution in [2.45, 2.75) is 31.7 Å². The third-order valence-corrected chi connectivity index (χ3v) is 4.45. The van der Waals surface area contributed by atoms with Crippen molar-refractivity contribution in [3.8, 4) is 0 Å². The maximum Gasteiger partial charge on any atom is 0.137 e. The van der Waals surface area contributed by atoms with Crippen molar-refractivity contribution in [1.82, 2.24) is 9.88 Å². The maximum atomic E-state index is 11.1. The van der Waals surface area contributed by atoms with Crippen LogP contribution in [0.2, 0.25) is 5.02 Å². The monoisotopic (exact) mass is 290 g/mol. The molecule has 1 N–H and O–H groups in total. The second-order valence-electron chi connectivity index (χ2n) is 5.49. The molecule has 1 aliphatic heterocycles. The Bertz CT molecular complexity index is 608. The standard InChI is InChI=1S/C16H19ClN2O/c17-13-4-5-16-15(9-13)12(10-18-16)6-8-19-7-2-1-3-14(19)11-20/h4-5,9-11,14,18H,1-3,6-8H2. The van der Waals surface area contributed by atoms with Crippen molar-refractivity contribution < 1.29 is 4.79 Å². The minimum Gasteiger partial charge on any atom is -0.361 e. The molecule has 0 amide bonds. The lowest BCUT2D eigenvalue weighted by Crippen LogP contribution is -2.41. The fourth-order valence-electron chi connectivity index (χ4n) is 3.07. The van der Waals surface area contributed by atoms with Gasteiger partial charge in [-0.25, -0.2) is 0 Å². The lowest BCUT2D eigenvalue weighted by Gasteiger charge is -2.32. The first-order valence-electron chi connectivity index (χ1n) is 7.23. The largest absolute Gasteiger partial charge is 0.361 e. The summed E-state index contributed by atoms with van der Waals surface area (Å²) in [6.45, 7) is 1.97. The van der Waals surface area contributed by atoms with E-state index in [4.69, 9.17) is 11.6 Å². The Balaban J connectivity index is 1.73. The van der Waals surface area contributed by atoms with Gasteiger partial charge in [0.1, 0.15) is 6.29 Å². The number of piperidine rings is 1. The number of aromatic amines is 1. The van der Waals surface area contributed by atoms with E-state index in [0.717, 1.165) is 42.8 Å². The highest BCUT2D eigenvalue weighted by Crippen LogP contribution is 2.23. The van der Waals surface area contributed by atoms with Crippen LogP contribution in [0.4, 0.5) is 0 Å². The summed E-state index contributed by atoms with van der Waals surface area (Å²) in [7, 11) is 0.